The largest absolute Gasteiger partial charge is 0.379 e. The van der Waals surface area contributed by atoms with Gasteiger partial charge in [0.15, 0.2) is 5.96 Å². The molecule has 0 bridgehead atoms. The highest BCUT2D eigenvalue weighted by atomic mass is 127. The van der Waals surface area contributed by atoms with Gasteiger partial charge >= 0.3 is 0 Å². The van der Waals surface area contributed by atoms with Crippen LogP contribution in [0.15, 0.2) is 23.2 Å². The molecule has 1 fully saturated rings. The molecule has 0 saturated carbocycles. The number of hydrogen-bond donors (Lipinski definition) is 3. The van der Waals surface area contributed by atoms with Crippen molar-refractivity contribution < 1.29 is 13.9 Å². The molecule has 9 heteroatoms. The first-order valence-corrected chi connectivity index (χ1v) is 10.7. The van der Waals surface area contributed by atoms with Crippen LogP contribution >= 0.6 is 24.0 Å². The third-order valence-electron chi connectivity index (χ3n) is 5.17. The molecular weight excluding hydrogens is 512 g/mol. The van der Waals surface area contributed by atoms with E-state index >= 15 is 0 Å². The summed E-state index contributed by atoms with van der Waals surface area (Å²) in [5, 5.41) is 9.41. The van der Waals surface area contributed by atoms with Crippen molar-refractivity contribution in [2.75, 3.05) is 53.0 Å². The first kappa shape index (κ1) is 27.6. The summed E-state index contributed by atoms with van der Waals surface area (Å²) in [6.45, 7) is 11.4. The Kier molecular flexibility index (Phi) is 13.0. The van der Waals surface area contributed by atoms with Crippen LogP contribution in [0.1, 0.15) is 36.2 Å². The third kappa shape index (κ3) is 9.69. The maximum atomic E-state index is 13.6. The van der Waals surface area contributed by atoms with E-state index in [0.717, 1.165) is 39.3 Å². The van der Waals surface area contributed by atoms with Gasteiger partial charge < -0.3 is 20.7 Å². The Morgan fingerprint density at radius 2 is 1.87 bits per heavy atom. The van der Waals surface area contributed by atoms with E-state index in [2.05, 4.69) is 39.7 Å². The maximum Gasteiger partial charge on any atom is 0.251 e. The Morgan fingerprint density at radius 3 is 2.48 bits per heavy atom. The number of carbonyl (C=O) groups is 1. The highest BCUT2D eigenvalue weighted by Gasteiger charge is 2.22. The van der Waals surface area contributed by atoms with Gasteiger partial charge in [-0.2, -0.15) is 0 Å². The standard InChI is InChI=1S/C22H36FN5O2.HI/c1-16(2)13-19(28-9-11-30-12-10-28)15-27-22(24-4)26-8-7-25-21(29)18-6-5-17(3)20(23)14-18;/h5-6,14,16,19H,7-13,15H2,1-4H3,(H,25,29)(H2,24,26,27);1H. The van der Waals surface area contributed by atoms with Crippen LogP contribution < -0.4 is 16.0 Å². The Balaban J connectivity index is 0.00000480. The number of morpholine rings is 1. The number of aliphatic imine (C=N–C) groups is 1. The number of nitrogens with zero attached hydrogens (tertiary/aromatic N) is 2. The van der Waals surface area contributed by atoms with Crippen molar-refractivity contribution in [2.45, 2.75) is 33.2 Å². The highest BCUT2D eigenvalue weighted by molar-refractivity contribution is 14.0. The zero-order chi connectivity index (χ0) is 21.9. The summed E-state index contributed by atoms with van der Waals surface area (Å²) < 4.78 is 19.1. The molecule has 1 saturated heterocycles. The number of hydrogen-bond acceptors (Lipinski definition) is 4. The van der Waals surface area contributed by atoms with E-state index in [9.17, 15) is 9.18 Å². The lowest BCUT2D eigenvalue weighted by molar-refractivity contribution is 0.0132. The second-order valence-electron chi connectivity index (χ2n) is 8.03. The van der Waals surface area contributed by atoms with Crippen molar-refractivity contribution in [1.29, 1.82) is 0 Å². The lowest BCUT2D eigenvalue weighted by atomic mass is 10.0. The second-order valence-corrected chi connectivity index (χ2v) is 8.03. The number of halogens is 2. The van der Waals surface area contributed by atoms with Gasteiger partial charge in [-0.25, -0.2) is 4.39 Å². The van der Waals surface area contributed by atoms with Gasteiger partial charge in [0.05, 0.1) is 13.2 Å². The molecule has 0 aliphatic carbocycles. The van der Waals surface area contributed by atoms with Gasteiger partial charge in [-0.3, -0.25) is 14.7 Å². The summed E-state index contributed by atoms with van der Waals surface area (Å²) in [4.78, 5) is 18.9. The molecule has 176 valence electrons. The van der Waals surface area contributed by atoms with Gasteiger partial charge in [0.2, 0.25) is 0 Å². The molecule has 0 spiro atoms. The monoisotopic (exact) mass is 549 g/mol. The van der Waals surface area contributed by atoms with Crippen LogP contribution in [0.5, 0.6) is 0 Å². The van der Waals surface area contributed by atoms with Gasteiger partial charge in [-0.05, 0) is 37.0 Å². The smallest absolute Gasteiger partial charge is 0.251 e. The summed E-state index contributed by atoms with van der Waals surface area (Å²) in [6.07, 6.45) is 1.10. The second kappa shape index (κ2) is 14.6. The summed E-state index contributed by atoms with van der Waals surface area (Å²) in [5.74, 6) is 0.647. The molecule has 0 radical (unpaired) electrons. The number of guanidine groups is 1. The lowest BCUT2D eigenvalue weighted by Crippen LogP contribution is -2.51. The van der Waals surface area contributed by atoms with Crippen molar-refractivity contribution in [2.24, 2.45) is 10.9 Å². The van der Waals surface area contributed by atoms with Crippen LogP contribution in [0.25, 0.3) is 0 Å². The highest BCUT2D eigenvalue weighted by Crippen LogP contribution is 2.13. The predicted octanol–water partition coefficient (Wildman–Crippen LogP) is 2.39. The number of aryl methyl sites for hydroxylation is 1. The third-order valence-corrected chi connectivity index (χ3v) is 5.17. The summed E-state index contributed by atoms with van der Waals surface area (Å²) >= 11 is 0. The van der Waals surface area contributed by atoms with E-state index in [1.165, 1.54) is 6.07 Å². The number of amides is 1. The topological polar surface area (TPSA) is 78.0 Å². The molecule has 2 rings (SSSR count). The van der Waals surface area contributed by atoms with E-state index in [4.69, 9.17) is 4.74 Å². The molecule has 1 aliphatic heterocycles. The lowest BCUT2D eigenvalue weighted by Gasteiger charge is -2.35. The molecule has 0 aromatic heterocycles. The van der Waals surface area contributed by atoms with Gasteiger partial charge in [-0.1, -0.05) is 19.9 Å². The van der Waals surface area contributed by atoms with Crippen molar-refractivity contribution in [3.05, 3.63) is 35.1 Å². The van der Waals surface area contributed by atoms with Crippen molar-refractivity contribution >= 4 is 35.8 Å². The van der Waals surface area contributed by atoms with Crippen LogP contribution in [0.4, 0.5) is 4.39 Å². The fourth-order valence-corrected chi connectivity index (χ4v) is 3.48. The molecule has 31 heavy (non-hydrogen) atoms. The summed E-state index contributed by atoms with van der Waals surface area (Å²) in [5.41, 5.74) is 0.846. The molecule has 1 heterocycles. The fraction of sp³-hybridized carbons (Fsp3) is 0.636. The Bertz CT molecular complexity index is 711. The van der Waals surface area contributed by atoms with E-state index in [-0.39, 0.29) is 35.7 Å². The van der Waals surface area contributed by atoms with Crippen LogP contribution in [0.2, 0.25) is 0 Å². The van der Waals surface area contributed by atoms with Crippen molar-refractivity contribution in [1.82, 2.24) is 20.9 Å². The van der Waals surface area contributed by atoms with Crippen molar-refractivity contribution in [3.8, 4) is 0 Å². The number of nitrogens with one attached hydrogen (secondary N) is 3. The minimum Gasteiger partial charge on any atom is -0.379 e. The van der Waals surface area contributed by atoms with Gasteiger partial charge in [0.1, 0.15) is 5.82 Å². The Hall–Kier alpha value is -1.46. The molecule has 1 aliphatic rings. The number of rotatable bonds is 9. The minimum absolute atomic E-state index is 0. The van der Waals surface area contributed by atoms with Crippen LogP contribution in [0.3, 0.4) is 0 Å². The molecule has 1 unspecified atom stereocenters. The number of carbonyl (C=O) groups excluding carboxylic acids is 1. The average Bonchev–Trinajstić information content (AvgIpc) is 2.74. The SMILES string of the molecule is CN=C(NCCNC(=O)c1ccc(C)c(F)c1)NCC(CC(C)C)N1CCOCC1.I. The Morgan fingerprint density at radius 1 is 1.19 bits per heavy atom. The molecule has 7 nitrogen and oxygen atoms in total. The average molecular weight is 549 g/mol. The minimum atomic E-state index is -0.374. The van der Waals surface area contributed by atoms with E-state index in [0.29, 0.717) is 42.1 Å². The normalized spacial score (nSPS) is 15.9. The Labute approximate surface area is 202 Å². The number of benzene rings is 1. The molecule has 1 aromatic carbocycles. The summed E-state index contributed by atoms with van der Waals surface area (Å²) in [7, 11) is 1.73. The first-order valence-electron chi connectivity index (χ1n) is 10.7. The van der Waals surface area contributed by atoms with Crippen LogP contribution in [0, 0.1) is 18.7 Å². The van der Waals surface area contributed by atoms with Crippen molar-refractivity contribution in [3.63, 3.8) is 0 Å². The van der Waals surface area contributed by atoms with Crippen LogP contribution in [-0.4, -0.2) is 75.8 Å². The molecular formula is C22H37FIN5O2. The fourth-order valence-electron chi connectivity index (χ4n) is 3.48. The molecule has 3 N–H and O–H groups in total. The van der Waals surface area contributed by atoms with Crippen LogP contribution in [-0.2, 0) is 4.74 Å². The molecule has 1 aromatic rings. The zero-order valence-corrected chi connectivity index (χ0v) is 21.4. The predicted molar refractivity (Wildman–Crippen MR) is 134 cm³/mol. The zero-order valence-electron chi connectivity index (χ0n) is 19.0. The quantitative estimate of drug-likeness (QED) is 0.191. The first-order chi connectivity index (χ1) is 14.4. The molecule has 1 atom stereocenters. The number of ether oxygens (including phenoxy) is 1. The maximum absolute atomic E-state index is 13.6. The summed E-state index contributed by atoms with van der Waals surface area (Å²) in [6, 6.07) is 4.92. The molecule has 1 amide bonds. The van der Waals surface area contributed by atoms with E-state index in [1.54, 1.807) is 26.1 Å². The van der Waals surface area contributed by atoms with E-state index in [1.807, 2.05) is 0 Å². The van der Waals surface area contributed by atoms with Gasteiger partial charge in [-0.15, -0.1) is 24.0 Å². The van der Waals surface area contributed by atoms with Gasteiger partial charge in [0.25, 0.3) is 5.91 Å². The van der Waals surface area contributed by atoms with Gasteiger partial charge in [0, 0.05) is 51.4 Å². The van der Waals surface area contributed by atoms with E-state index < -0.39 is 0 Å².